The molecule has 1 N–H and O–H groups in total. The molecule has 0 saturated carbocycles. The molecule has 10 nitrogen and oxygen atoms in total. The number of aliphatic hydroxyl groups is 1. The summed E-state index contributed by atoms with van der Waals surface area (Å²) in [5.41, 5.74) is 1.76. The van der Waals surface area contributed by atoms with Crippen LogP contribution in [0.15, 0.2) is 48.5 Å². The van der Waals surface area contributed by atoms with Crippen molar-refractivity contribution in [3.05, 3.63) is 59.7 Å². The predicted octanol–water partition coefficient (Wildman–Crippen LogP) is 6.98. The minimum absolute atomic E-state index is 0.0248. The third-order valence-electron chi connectivity index (χ3n) is 9.79. The fourth-order valence-electron chi connectivity index (χ4n) is 5.36. The molecule has 11 heteroatoms. The normalized spacial score (nSPS) is 18.6. The van der Waals surface area contributed by atoms with E-state index in [1.807, 2.05) is 58.0 Å². The van der Waals surface area contributed by atoms with E-state index in [0.717, 1.165) is 10.5 Å². The number of amides is 2. The van der Waals surface area contributed by atoms with E-state index in [1.54, 1.807) is 25.3 Å². The minimum Gasteiger partial charge on any atom is -0.493 e. The van der Waals surface area contributed by atoms with Crippen LogP contribution in [0.25, 0.3) is 0 Å². The summed E-state index contributed by atoms with van der Waals surface area (Å²) in [5, 5.41) is 11.8. The zero-order valence-electron chi connectivity index (χ0n) is 30.6. The van der Waals surface area contributed by atoms with E-state index in [-0.39, 0.29) is 42.6 Å². The van der Waals surface area contributed by atoms with Crippen LogP contribution in [-0.4, -0.2) is 81.6 Å². The first kappa shape index (κ1) is 39.5. The van der Waals surface area contributed by atoms with Crippen molar-refractivity contribution in [1.29, 1.82) is 0 Å². The van der Waals surface area contributed by atoms with Gasteiger partial charge < -0.3 is 33.2 Å². The van der Waals surface area contributed by atoms with E-state index in [2.05, 4.69) is 33.9 Å². The minimum atomic E-state index is -2.35. The summed E-state index contributed by atoms with van der Waals surface area (Å²) in [6, 6.07) is 14.8. The number of cyclic esters (lactones) is 1. The molecule has 0 bridgehead atoms. The van der Waals surface area contributed by atoms with E-state index < -0.39 is 44.7 Å². The van der Waals surface area contributed by atoms with Crippen molar-refractivity contribution in [1.82, 2.24) is 4.90 Å². The number of carbonyl (C=O) groups excluding carboxylic acids is 2. The Bertz CT molecular complexity index is 1330. The van der Waals surface area contributed by atoms with Gasteiger partial charge in [-0.05, 0) is 54.2 Å². The van der Waals surface area contributed by atoms with E-state index >= 15 is 0 Å². The summed E-state index contributed by atoms with van der Waals surface area (Å²) in [5.74, 6) is 0.208. The number of ether oxygens (including phenoxy) is 5. The molecular formula is C37H57NO9Si. The summed E-state index contributed by atoms with van der Waals surface area (Å²) in [6.07, 6.45) is -4.04. The Balaban J connectivity index is 1.93. The SMILES string of the molecule is COc1ccc(CO[C@H](C(=O)N2C(=O)OC[C@@H]2C(C)C)[C@H](O)C[C@@H](O[Si](C)(C)C(C)(C)C)[C@@H](C)[C@@H](C)OCc2ccccc2)cc1OC. The molecule has 0 aromatic heterocycles. The maximum Gasteiger partial charge on any atom is 0.417 e. The molecule has 0 radical (unpaired) electrons. The molecule has 1 heterocycles. The molecule has 2 aromatic rings. The van der Waals surface area contributed by atoms with Gasteiger partial charge in [-0.1, -0.05) is 77.9 Å². The molecule has 2 amide bonds. The molecule has 0 spiro atoms. The Morgan fingerprint density at radius 2 is 1.58 bits per heavy atom. The molecule has 0 unspecified atom stereocenters. The number of imide groups is 1. The standard InChI is InChI=1S/C37H57NO9Si/c1-24(2)29-23-46-36(41)38(29)35(40)34(45-22-28-17-18-31(42-8)33(19-28)43-9)30(39)20-32(47-48(10,11)37(5,6)7)25(3)26(4)44-21-27-15-13-12-14-16-27/h12-19,24-26,29-30,32,34,39H,20-23H2,1-11H3/t25-,26+,29+,30+,32+,34-/m0/s1. The summed E-state index contributed by atoms with van der Waals surface area (Å²) < 4.78 is 35.6. The summed E-state index contributed by atoms with van der Waals surface area (Å²) in [4.78, 5) is 28.2. The second-order valence-electron chi connectivity index (χ2n) is 14.6. The van der Waals surface area contributed by atoms with Crippen LogP contribution in [0.3, 0.4) is 0 Å². The zero-order chi connectivity index (χ0) is 35.8. The average molecular weight is 688 g/mol. The molecule has 1 aliphatic heterocycles. The second-order valence-corrected chi connectivity index (χ2v) is 19.4. The van der Waals surface area contributed by atoms with Crippen molar-refractivity contribution in [3.8, 4) is 11.5 Å². The quantitative estimate of drug-likeness (QED) is 0.176. The van der Waals surface area contributed by atoms with Crippen LogP contribution in [0.5, 0.6) is 11.5 Å². The van der Waals surface area contributed by atoms with E-state index in [9.17, 15) is 14.7 Å². The topological polar surface area (TPSA) is 113 Å². The van der Waals surface area contributed by atoms with Crippen LogP contribution in [0, 0.1) is 11.8 Å². The van der Waals surface area contributed by atoms with Gasteiger partial charge in [-0.3, -0.25) is 4.79 Å². The van der Waals surface area contributed by atoms with Gasteiger partial charge in [0.05, 0.1) is 51.8 Å². The third-order valence-corrected chi connectivity index (χ3v) is 14.3. The van der Waals surface area contributed by atoms with Gasteiger partial charge in [-0.15, -0.1) is 0 Å². The van der Waals surface area contributed by atoms with Crippen molar-refractivity contribution in [2.45, 2.75) is 117 Å². The summed E-state index contributed by atoms with van der Waals surface area (Å²) in [6.45, 7) is 19.2. The maximum absolute atomic E-state index is 14.2. The van der Waals surface area contributed by atoms with Gasteiger partial charge >= 0.3 is 6.09 Å². The maximum atomic E-state index is 14.2. The highest BCUT2D eigenvalue weighted by Gasteiger charge is 2.47. The third kappa shape index (κ3) is 10.0. The average Bonchev–Trinajstić information content (AvgIpc) is 3.44. The Morgan fingerprint density at radius 1 is 0.958 bits per heavy atom. The predicted molar refractivity (Wildman–Crippen MR) is 187 cm³/mol. The second kappa shape index (κ2) is 17.1. The molecule has 1 saturated heterocycles. The molecule has 3 rings (SSSR count). The lowest BCUT2D eigenvalue weighted by molar-refractivity contribution is -0.154. The highest BCUT2D eigenvalue weighted by atomic mass is 28.4. The number of rotatable bonds is 17. The number of hydrogen-bond donors (Lipinski definition) is 1. The van der Waals surface area contributed by atoms with Gasteiger partial charge in [0.1, 0.15) is 6.61 Å². The lowest BCUT2D eigenvalue weighted by Crippen LogP contribution is -2.53. The molecule has 268 valence electrons. The van der Waals surface area contributed by atoms with Crippen LogP contribution >= 0.6 is 0 Å². The lowest BCUT2D eigenvalue weighted by Gasteiger charge is -2.43. The van der Waals surface area contributed by atoms with Crippen molar-refractivity contribution in [3.63, 3.8) is 0 Å². The fourth-order valence-corrected chi connectivity index (χ4v) is 6.78. The van der Waals surface area contributed by atoms with Crippen molar-refractivity contribution in [2.75, 3.05) is 20.8 Å². The highest BCUT2D eigenvalue weighted by molar-refractivity contribution is 6.74. The number of benzene rings is 2. The van der Waals surface area contributed by atoms with Gasteiger partial charge in [0.2, 0.25) is 0 Å². The van der Waals surface area contributed by atoms with Crippen LogP contribution < -0.4 is 9.47 Å². The molecule has 1 aliphatic rings. The van der Waals surface area contributed by atoms with Gasteiger partial charge in [-0.25, -0.2) is 9.69 Å². The molecule has 48 heavy (non-hydrogen) atoms. The first-order valence-electron chi connectivity index (χ1n) is 16.8. The molecule has 2 aromatic carbocycles. The monoisotopic (exact) mass is 687 g/mol. The lowest BCUT2D eigenvalue weighted by atomic mass is 9.92. The van der Waals surface area contributed by atoms with Crippen LogP contribution in [0.2, 0.25) is 18.1 Å². The molecule has 1 fully saturated rings. The van der Waals surface area contributed by atoms with Gasteiger partial charge in [0, 0.05) is 12.3 Å². The van der Waals surface area contributed by atoms with Gasteiger partial charge in [0.15, 0.2) is 25.9 Å². The Kier molecular flexibility index (Phi) is 14.1. The van der Waals surface area contributed by atoms with Crippen molar-refractivity contribution in [2.24, 2.45) is 11.8 Å². The molecular weight excluding hydrogens is 630 g/mol. The Labute approximate surface area is 288 Å². The van der Waals surface area contributed by atoms with Crippen LogP contribution in [0.1, 0.15) is 66.0 Å². The first-order chi connectivity index (χ1) is 22.5. The molecule has 0 aliphatic carbocycles. The van der Waals surface area contributed by atoms with Crippen LogP contribution in [-0.2, 0) is 36.6 Å². The molecule has 6 atom stereocenters. The Morgan fingerprint density at radius 3 is 2.17 bits per heavy atom. The number of nitrogens with zero attached hydrogens (tertiary/aromatic N) is 1. The van der Waals surface area contributed by atoms with Gasteiger partial charge in [-0.2, -0.15) is 0 Å². The summed E-state index contributed by atoms with van der Waals surface area (Å²) in [7, 11) is 0.743. The number of hydrogen-bond acceptors (Lipinski definition) is 9. The van der Waals surface area contributed by atoms with E-state index in [4.69, 9.17) is 28.1 Å². The Hall–Kier alpha value is -2.96. The largest absolute Gasteiger partial charge is 0.493 e. The number of carbonyl (C=O) groups is 2. The van der Waals surface area contributed by atoms with E-state index in [1.165, 1.54) is 7.11 Å². The number of methoxy groups -OCH3 is 2. The van der Waals surface area contributed by atoms with Crippen LogP contribution in [0.4, 0.5) is 4.79 Å². The summed E-state index contributed by atoms with van der Waals surface area (Å²) >= 11 is 0. The zero-order valence-corrected chi connectivity index (χ0v) is 31.6. The highest BCUT2D eigenvalue weighted by Crippen LogP contribution is 2.39. The smallest absolute Gasteiger partial charge is 0.417 e. The fraction of sp³-hybridized carbons (Fsp3) is 0.622. The van der Waals surface area contributed by atoms with Gasteiger partial charge in [0.25, 0.3) is 5.91 Å². The van der Waals surface area contributed by atoms with Crippen molar-refractivity contribution < 1.29 is 42.8 Å². The van der Waals surface area contributed by atoms with Crippen molar-refractivity contribution >= 4 is 20.3 Å². The van der Waals surface area contributed by atoms with E-state index in [0.29, 0.717) is 23.7 Å². The first-order valence-corrected chi connectivity index (χ1v) is 19.7. The number of aliphatic hydroxyl groups excluding tert-OH is 1.